The minimum atomic E-state index is -0.209. The number of carbonyl (C=O) groups excluding carboxylic acids is 1. The van der Waals surface area contributed by atoms with Crippen molar-refractivity contribution in [2.24, 2.45) is 0 Å². The maximum Gasteiger partial charge on any atom is 0.243 e. The Labute approximate surface area is 138 Å². The highest BCUT2D eigenvalue weighted by atomic mass is 16.5. The number of nitrogens with zero attached hydrogens (tertiary/aromatic N) is 2. The molecule has 0 saturated carbocycles. The molecule has 0 bridgehead atoms. The summed E-state index contributed by atoms with van der Waals surface area (Å²) in [5.41, 5.74) is 0.901. The number of para-hydroxylation sites is 2. The topological polar surface area (TPSA) is 32.8 Å². The van der Waals surface area contributed by atoms with Crippen LogP contribution in [-0.2, 0) is 4.79 Å². The van der Waals surface area contributed by atoms with E-state index in [9.17, 15) is 4.79 Å². The van der Waals surface area contributed by atoms with E-state index in [0.717, 1.165) is 11.4 Å². The third-order valence-corrected chi connectivity index (χ3v) is 3.95. The zero-order valence-electron chi connectivity index (χ0n) is 14.0. The van der Waals surface area contributed by atoms with Crippen LogP contribution in [0.4, 0.5) is 5.69 Å². The van der Waals surface area contributed by atoms with Gasteiger partial charge in [-0.25, -0.2) is 0 Å². The van der Waals surface area contributed by atoms with Gasteiger partial charge in [0, 0.05) is 19.3 Å². The van der Waals surface area contributed by atoms with E-state index in [-0.39, 0.29) is 11.9 Å². The second kappa shape index (κ2) is 8.34. The number of rotatable bonds is 7. The van der Waals surface area contributed by atoms with Crippen molar-refractivity contribution in [3.8, 4) is 5.75 Å². The highest BCUT2D eigenvalue weighted by Crippen LogP contribution is 2.14. The van der Waals surface area contributed by atoms with Crippen molar-refractivity contribution in [3.63, 3.8) is 0 Å². The molecule has 0 N–H and O–H groups in total. The van der Waals surface area contributed by atoms with Crippen molar-refractivity contribution >= 4 is 11.6 Å². The lowest BCUT2D eigenvalue weighted by Crippen LogP contribution is -2.45. The molecule has 2 aromatic rings. The summed E-state index contributed by atoms with van der Waals surface area (Å²) < 4.78 is 5.69. The van der Waals surface area contributed by atoms with Crippen molar-refractivity contribution < 1.29 is 9.53 Å². The largest absolute Gasteiger partial charge is 0.492 e. The Bertz CT molecular complexity index is 601. The zero-order chi connectivity index (χ0) is 16.7. The number of anilines is 1. The molecule has 23 heavy (non-hydrogen) atoms. The standard InChI is InChI=1S/C19H24N2O2/c1-16(19(22)21(3)17-10-6-4-7-11-17)20(2)14-15-23-18-12-8-5-9-13-18/h4-13,16H,14-15H2,1-3H3. The predicted molar refractivity (Wildman–Crippen MR) is 93.9 cm³/mol. The minimum Gasteiger partial charge on any atom is -0.492 e. The van der Waals surface area contributed by atoms with Gasteiger partial charge >= 0.3 is 0 Å². The quantitative estimate of drug-likeness (QED) is 0.788. The first-order chi connectivity index (χ1) is 11.1. The van der Waals surface area contributed by atoms with Gasteiger partial charge in [0.2, 0.25) is 5.91 Å². The normalized spacial score (nSPS) is 12.0. The number of likely N-dealkylation sites (N-methyl/N-ethyl adjacent to an activating group) is 2. The highest BCUT2D eigenvalue weighted by Gasteiger charge is 2.22. The molecule has 2 aromatic carbocycles. The fraction of sp³-hybridized carbons (Fsp3) is 0.316. The fourth-order valence-corrected chi connectivity index (χ4v) is 2.27. The molecule has 0 fully saturated rings. The Kier molecular flexibility index (Phi) is 6.18. The first kappa shape index (κ1) is 17.0. The van der Waals surface area contributed by atoms with Gasteiger partial charge in [0.25, 0.3) is 0 Å². The van der Waals surface area contributed by atoms with Crippen LogP contribution in [0.15, 0.2) is 60.7 Å². The van der Waals surface area contributed by atoms with Crippen LogP contribution in [0.5, 0.6) is 5.75 Å². The van der Waals surface area contributed by atoms with E-state index in [1.54, 1.807) is 4.90 Å². The van der Waals surface area contributed by atoms with Crippen molar-refractivity contribution in [3.05, 3.63) is 60.7 Å². The average Bonchev–Trinajstić information content (AvgIpc) is 2.61. The lowest BCUT2D eigenvalue weighted by Gasteiger charge is -2.28. The van der Waals surface area contributed by atoms with Crippen molar-refractivity contribution in [2.75, 3.05) is 32.1 Å². The SMILES string of the molecule is CC(C(=O)N(C)c1ccccc1)N(C)CCOc1ccccc1. The maximum atomic E-state index is 12.6. The van der Waals surface area contributed by atoms with E-state index in [0.29, 0.717) is 13.2 Å². The maximum absolute atomic E-state index is 12.6. The van der Waals surface area contributed by atoms with Crippen molar-refractivity contribution in [2.45, 2.75) is 13.0 Å². The molecule has 0 radical (unpaired) electrons. The van der Waals surface area contributed by atoms with Gasteiger partial charge in [0.15, 0.2) is 0 Å². The highest BCUT2D eigenvalue weighted by molar-refractivity contribution is 5.96. The third-order valence-electron chi connectivity index (χ3n) is 3.95. The van der Waals surface area contributed by atoms with Crippen molar-refractivity contribution in [1.82, 2.24) is 4.90 Å². The second-order valence-corrected chi connectivity index (χ2v) is 5.55. The molecule has 0 aromatic heterocycles. The number of hydrogen-bond donors (Lipinski definition) is 0. The van der Waals surface area contributed by atoms with E-state index < -0.39 is 0 Å². The summed E-state index contributed by atoms with van der Waals surface area (Å²) in [4.78, 5) is 16.3. The molecule has 0 aliphatic carbocycles. The Balaban J connectivity index is 1.84. The average molecular weight is 312 g/mol. The van der Waals surface area contributed by atoms with E-state index in [1.807, 2.05) is 86.6 Å². The molecule has 1 unspecified atom stereocenters. The summed E-state index contributed by atoms with van der Waals surface area (Å²) in [6, 6.07) is 19.2. The van der Waals surface area contributed by atoms with E-state index in [1.165, 1.54) is 0 Å². The number of amides is 1. The van der Waals surface area contributed by atoms with E-state index in [2.05, 4.69) is 0 Å². The number of carbonyl (C=O) groups is 1. The van der Waals surface area contributed by atoms with Gasteiger partial charge in [-0.05, 0) is 38.2 Å². The van der Waals surface area contributed by atoms with Crippen LogP contribution in [0.3, 0.4) is 0 Å². The lowest BCUT2D eigenvalue weighted by molar-refractivity contribution is -0.122. The molecule has 1 amide bonds. The van der Waals surface area contributed by atoms with Crippen LogP contribution in [-0.4, -0.2) is 44.1 Å². The molecule has 0 spiro atoms. The molecule has 0 aliphatic heterocycles. The van der Waals surface area contributed by atoms with Crippen LogP contribution < -0.4 is 9.64 Å². The zero-order valence-corrected chi connectivity index (χ0v) is 14.0. The summed E-state index contributed by atoms with van der Waals surface area (Å²) >= 11 is 0. The number of hydrogen-bond acceptors (Lipinski definition) is 3. The molecule has 4 nitrogen and oxygen atoms in total. The summed E-state index contributed by atoms with van der Waals surface area (Å²) in [7, 11) is 3.75. The van der Waals surface area contributed by atoms with Crippen molar-refractivity contribution in [1.29, 1.82) is 0 Å². The summed E-state index contributed by atoms with van der Waals surface area (Å²) in [6.45, 7) is 3.15. The number of benzene rings is 2. The molecule has 1 atom stereocenters. The smallest absolute Gasteiger partial charge is 0.243 e. The summed E-state index contributed by atoms with van der Waals surface area (Å²) in [5.74, 6) is 0.916. The molecule has 2 rings (SSSR count). The Morgan fingerprint density at radius 3 is 2.17 bits per heavy atom. The first-order valence-electron chi connectivity index (χ1n) is 7.80. The van der Waals surface area contributed by atoms with Crippen LogP contribution in [0.1, 0.15) is 6.92 Å². The van der Waals surface area contributed by atoms with E-state index >= 15 is 0 Å². The van der Waals surface area contributed by atoms with Crippen LogP contribution in [0, 0.1) is 0 Å². The Morgan fingerprint density at radius 1 is 1.00 bits per heavy atom. The third kappa shape index (κ3) is 4.83. The van der Waals surface area contributed by atoms with Gasteiger partial charge in [-0.1, -0.05) is 36.4 Å². The van der Waals surface area contributed by atoms with Gasteiger partial charge in [0.1, 0.15) is 12.4 Å². The Hall–Kier alpha value is -2.33. The van der Waals surface area contributed by atoms with Crippen LogP contribution in [0.25, 0.3) is 0 Å². The lowest BCUT2D eigenvalue weighted by atomic mass is 10.2. The van der Waals surface area contributed by atoms with Gasteiger partial charge in [-0.3, -0.25) is 9.69 Å². The molecular formula is C19H24N2O2. The predicted octanol–water partition coefficient (Wildman–Crippen LogP) is 3.05. The van der Waals surface area contributed by atoms with Crippen LogP contribution >= 0.6 is 0 Å². The van der Waals surface area contributed by atoms with Crippen LogP contribution in [0.2, 0.25) is 0 Å². The molecule has 0 aliphatic rings. The second-order valence-electron chi connectivity index (χ2n) is 5.55. The molecule has 122 valence electrons. The molecular weight excluding hydrogens is 288 g/mol. The van der Waals surface area contributed by atoms with E-state index in [4.69, 9.17) is 4.74 Å². The van der Waals surface area contributed by atoms with Gasteiger partial charge in [-0.2, -0.15) is 0 Å². The van der Waals surface area contributed by atoms with Gasteiger partial charge < -0.3 is 9.64 Å². The fourth-order valence-electron chi connectivity index (χ4n) is 2.27. The molecule has 4 heteroatoms. The summed E-state index contributed by atoms with van der Waals surface area (Å²) in [5, 5.41) is 0. The molecule has 0 heterocycles. The number of ether oxygens (including phenoxy) is 1. The Morgan fingerprint density at radius 2 is 1.57 bits per heavy atom. The molecule has 0 saturated heterocycles. The monoisotopic (exact) mass is 312 g/mol. The first-order valence-corrected chi connectivity index (χ1v) is 7.80. The summed E-state index contributed by atoms with van der Waals surface area (Å²) in [6.07, 6.45) is 0. The minimum absolute atomic E-state index is 0.0680. The van der Waals surface area contributed by atoms with Gasteiger partial charge in [-0.15, -0.1) is 0 Å². The van der Waals surface area contributed by atoms with Gasteiger partial charge in [0.05, 0.1) is 6.04 Å².